The van der Waals surface area contributed by atoms with Crippen LogP contribution in [0.1, 0.15) is 19.8 Å². The highest BCUT2D eigenvalue weighted by atomic mass is 35.5. The minimum atomic E-state index is 0.690. The lowest BCUT2D eigenvalue weighted by Gasteiger charge is -2.20. The number of rotatable bonds is 9. The first-order valence-electron chi connectivity index (χ1n) is 6.33. The molecule has 1 aromatic carbocycles. The average molecular weight is 256 g/mol. The third-order valence-corrected chi connectivity index (χ3v) is 2.82. The van der Waals surface area contributed by atoms with Gasteiger partial charge in [0.05, 0.1) is 0 Å². The summed E-state index contributed by atoms with van der Waals surface area (Å²) >= 11 is 5.79. The molecule has 0 aliphatic rings. The first-order valence-corrected chi connectivity index (χ1v) is 6.86. The van der Waals surface area contributed by atoms with Crippen LogP contribution >= 0.6 is 11.6 Å². The molecule has 3 heteroatoms. The Labute approximate surface area is 110 Å². The van der Waals surface area contributed by atoms with Crippen molar-refractivity contribution in [1.82, 2.24) is 4.90 Å². The number of hydrogen-bond donors (Lipinski definition) is 0. The number of ether oxygens (including phenoxy) is 1. The van der Waals surface area contributed by atoms with Crippen LogP contribution in [0.3, 0.4) is 0 Å². The van der Waals surface area contributed by atoms with Gasteiger partial charge in [-0.2, -0.15) is 0 Å². The molecule has 0 aliphatic heterocycles. The van der Waals surface area contributed by atoms with E-state index in [1.165, 1.54) is 12.8 Å². The second-order valence-electron chi connectivity index (χ2n) is 4.05. The summed E-state index contributed by atoms with van der Waals surface area (Å²) in [6.07, 6.45) is 2.44. The molecule has 0 saturated heterocycles. The van der Waals surface area contributed by atoms with Crippen molar-refractivity contribution in [2.75, 3.05) is 32.1 Å². The third kappa shape index (κ3) is 6.54. The number of nitrogens with zero attached hydrogens (tertiary/aromatic N) is 1. The Bertz CT molecular complexity index is 279. The van der Waals surface area contributed by atoms with Gasteiger partial charge >= 0.3 is 0 Å². The SMILES string of the molecule is CCCCN(CCCl)CCOc1ccccc1. The minimum Gasteiger partial charge on any atom is -0.492 e. The lowest BCUT2D eigenvalue weighted by molar-refractivity contribution is 0.214. The van der Waals surface area contributed by atoms with Gasteiger partial charge in [0, 0.05) is 19.0 Å². The molecule has 96 valence electrons. The number of hydrogen-bond acceptors (Lipinski definition) is 2. The van der Waals surface area contributed by atoms with Crippen LogP contribution in [0.25, 0.3) is 0 Å². The fourth-order valence-electron chi connectivity index (χ4n) is 1.65. The van der Waals surface area contributed by atoms with Gasteiger partial charge in [-0.3, -0.25) is 4.90 Å². The predicted octanol–water partition coefficient (Wildman–Crippen LogP) is 3.41. The fraction of sp³-hybridized carbons (Fsp3) is 0.571. The van der Waals surface area contributed by atoms with Gasteiger partial charge in [0.15, 0.2) is 0 Å². The lowest BCUT2D eigenvalue weighted by Crippen LogP contribution is -2.31. The molecule has 0 N–H and O–H groups in total. The molecule has 0 unspecified atom stereocenters. The Morgan fingerprint density at radius 2 is 1.88 bits per heavy atom. The molecular formula is C14H22ClNO. The zero-order valence-corrected chi connectivity index (χ0v) is 11.3. The van der Waals surface area contributed by atoms with E-state index >= 15 is 0 Å². The average Bonchev–Trinajstić information content (AvgIpc) is 2.37. The molecule has 17 heavy (non-hydrogen) atoms. The number of unbranched alkanes of at least 4 members (excludes halogenated alkanes) is 1. The first kappa shape index (κ1) is 14.3. The van der Waals surface area contributed by atoms with Gasteiger partial charge in [-0.25, -0.2) is 0 Å². The number of para-hydroxylation sites is 1. The highest BCUT2D eigenvalue weighted by Gasteiger charge is 2.03. The van der Waals surface area contributed by atoms with Gasteiger partial charge < -0.3 is 4.74 Å². The van der Waals surface area contributed by atoms with Gasteiger partial charge in [0.25, 0.3) is 0 Å². The summed E-state index contributed by atoms with van der Waals surface area (Å²) in [6, 6.07) is 9.94. The largest absolute Gasteiger partial charge is 0.492 e. The summed E-state index contributed by atoms with van der Waals surface area (Å²) in [7, 11) is 0. The second-order valence-corrected chi connectivity index (χ2v) is 4.42. The summed E-state index contributed by atoms with van der Waals surface area (Å²) in [4.78, 5) is 2.36. The summed E-state index contributed by atoms with van der Waals surface area (Å²) in [6.45, 7) is 5.94. The molecule has 0 aromatic heterocycles. The summed E-state index contributed by atoms with van der Waals surface area (Å²) in [5.41, 5.74) is 0. The Morgan fingerprint density at radius 1 is 1.12 bits per heavy atom. The molecule has 0 aliphatic carbocycles. The highest BCUT2D eigenvalue weighted by molar-refractivity contribution is 6.18. The van der Waals surface area contributed by atoms with Crippen LogP contribution in [-0.2, 0) is 0 Å². The van der Waals surface area contributed by atoms with Crippen molar-refractivity contribution in [2.24, 2.45) is 0 Å². The zero-order chi connectivity index (χ0) is 12.3. The third-order valence-electron chi connectivity index (χ3n) is 2.65. The molecule has 2 nitrogen and oxygen atoms in total. The maximum absolute atomic E-state index is 5.79. The van der Waals surface area contributed by atoms with Crippen molar-refractivity contribution in [2.45, 2.75) is 19.8 Å². The highest BCUT2D eigenvalue weighted by Crippen LogP contribution is 2.08. The molecule has 0 heterocycles. The van der Waals surface area contributed by atoms with Crippen LogP contribution in [0, 0.1) is 0 Å². The van der Waals surface area contributed by atoms with Gasteiger partial charge in [0.2, 0.25) is 0 Å². The van der Waals surface area contributed by atoms with E-state index in [0.717, 1.165) is 32.0 Å². The quantitative estimate of drug-likeness (QED) is 0.627. The molecule has 0 fully saturated rings. The van der Waals surface area contributed by atoms with E-state index in [2.05, 4.69) is 11.8 Å². The molecule has 0 saturated carbocycles. The molecule has 0 amide bonds. The summed E-state index contributed by atoms with van der Waals surface area (Å²) in [5, 5.41) is 0. The zero-order valence-electron chi connectivity index (χ0n) is 10.6. The molecule has 0 spiro atoms. The van der Waals surface area contributed by atoms with Crippen molar-refractivity contribution < 1.29 is 4.74 Å². The van der Waals surface area contributed by atoms with Crippen molar-refractivity contribution in [3.05, 3.63) is 30.3 Å². The van der Waals surface area contributed by atoms with Crippen LogP contribution in [0.15, 0.2) is 30.3 Å². The normalized spacial score (nSPS) is 10.8. The molecule has 1 aromatic rings. The Morgan fingerprint density at radius 3 is 2.53 bits per heavy atom. The van der Waals surface area contributed by atoms with E-state index in [1.54, 1.807) is 0 Å². The maximum atomic E-state index is 5.79. The molecule has 0 bridgehead atoms. The maximum Gasteiger partial charge on any atom is 0.119 e. The predicted molar refractivity (Wildman–Crippen MR) is 74.0 cm³/mol. The molecule has 0 atom stereocenters. The Hall–Kier alpha value is -0.730. The van der Waals surface area contributed by atoms with Crippen molar-refractivity contribution in [3.8, 4) is 5.75 Å². The number of benzene rings is 1. The van der Waals surface area contributed by atoms with E-state index in [9.17, 15) is 0 Å². The number of halogens is 1. The molecule has 1 rings (SSSR count). The van der Waals surface area contributed by atoms with Gasteiger partial charge in [0.1, 0.15) is 12.4 Å². The van der Waals surface area contributed by atoms with Gasteiger partial charge in [-0.1, -0.05) is 31.5 Å². The van der Waals surface area contributed by atoms with Crippen molar-refractivity contribution in [3.63, 3.8) is 0 Å². The van der Waals surface area contributed by atoms with Crippen LogP contribution in [0.2, 0.25) is 0 Å². The van der Waals surface area contributed by atoms with E-state index < -0.39 is 0 Å². The fourth-order valence-corrected chi connectivity index (χ4v) is 1.89. The van der Waals surface area contributed by atoms with E-state index in [4.69, 9.17) is 16.3 Å². The first-order chi connectivity index (χ1) is 8.36. The molecular weight excluding hydrogens is 234 g/mol. The van der Waals surface area contributed by atoms with Crippen LogP contribution in [-0.4, -0.2) is 37.0 Å². The van der Waals surface area contributed by atoms with Crippen LogP contribution in [0.5, 0.6) is 5.75 Å². The van der Waals surface area contributed by atoms with Gasteiger partial charge in [-0.05, 0) is 25.1 Å². The summed E-state index contributed by atoms with van der Waals surface area (Å²) < 4.78 is 5.68. The molecule has 0 radical (unpaired) electrons. The smallest absolute Gasteiger partial charge is 0.119 e. The van der Waals surface area contributed by atoms with E-state index in [0.29, 0.717) is 5.88 Å². The monoisotopic (exact) mass is 255 g/mol. The van der Waals surface area contributed by atoms with E-state index in [1.807, 2.05) is 30.3 Å². The van der Waals surface area contributed by atoms with Gasteiger partial charge in [-0.15, -0.1) is 11.6 Å². The van der Waals surface area contributed by atoms with Crippen LogP contribution in [0.4, 0.5) is 0 Å². The standard InChI is InChI=1S/C14H22ClNO/c1-2-3-10-16(11-9-15)12-13-17-14-7-5-4-6-8-14/h4-8H,2-3,9-13H2,1H3. The Kier molecular flexibility index (Phi) is 7.85. The van der Waals surface area contributed by atoms with Crippen LogP contribution < -0.4 is 4.74 Å². The topological polar surface area (TPSA) is 12.5 Å². The van der Waals surface area contributed by atoms with E-state index in [-0.39, 0.29) is 0 Å². The minimum absolute atomic E-state index is 0.690. The number of alkyl halides is 1. The second kappa shape index (κ2) is 9.32. The summed E-state index contributed by atoms with van der Waals surface area (Å²) in [5.74, 6) is 1.63. The Balaban J connectivity index is 2.22. The van der Waals surface area contributed by atoms with Crippen molar-refractivity contribution >= 4 is 11.6 Å². The lowest BCUT2D eigenvalue weighted by atomic mass is 10.3. The van der Waals surface area contributed by atoms with Crippen molar-refractivity contribution in [1.29, 1.82) is 0 Å².